The van der Waals surface area contributed by atoms with E-state index in [1.807, 2.05) is 52.4 Å². The van der Waals surface area contributed by atoms with E-state index in [1.165, 1.54) is 16.7 Å². The van der Waals surface area contributed by atoms with Gasteiger partial charge in [0.25, 0.3) is 0 Å². The van der Waals surface area contributed by atoms with Gasteiger partial charge in [0.15, 0.2) is 11.0 Å². The Morgan fingerprint density at radius 1 is 1.10 bits per heavy atom. The number of benzene rings is 1. The molecular weight excluding hydrogens is 422 g/mol. The molecule has 3 amide bonds. The summed E-state index contributed by atoms with van der Waals surface area (Å²) in [4.78, 5) is 38.4. The highest BCUT2D eigenvalue weighted by Crippen LogP contribution is 2.30. The van der Waals surface area contributed by atoms with Gasteiger partial charge in [-0.1, -0.05) is 36.0 Å². The zero-order valence-electron chi connectivity index (χ0n) is 16.0. The van der Waals surface area contributed by atoms with E-state index >= 15 is 0 Å². The fourth-order valence-corrected chi connectivity index (χ4v) is 4.59. The number of likely N-dealkylation sites (tertiary alicyclic amines) is 1. The largest absolute Gasteiger partial charge is 0.333 e. The van der Waals surface area contributed by atoms with Crippen LogP contribution in [0.3, 0.4) is 0 Å². The van der Waals surface area contributed by atoms with Crippen LogP contribution in [0.15, 0.2) is 53.0 Å². The number of nitrogens with zero attached hydrogens (tertiary/aromatic N) is 4. The van der Waals surface area contributed by atoms with Crippen molar-refractivity contribution in [2.45, 2.75) is 18.0 Å². The van der Waals surface area contributed by atoms with Crippen molar-refractivity contribution in [3.63, 3.8) is 0 Å². The highest BCUT2D eigenvalue weighted by molar-refractivity contribution is 7.99. The first-order chi connectivity index (χ1) is 14.6. The molecule has 8 nitrogen and oxygen atoms in total. The van der Waals surface area contributed by atoms with Crippen LogP contribution in [0.1, 0.15) is 12.8 Å². The normalized spacial score (nSPS) is 13.6. The summed E-state index contributed by atoms with van der Waals surface area (Å²) in [6, 6.07) is 13.6. The van der Waals surface area contributed by atoms with Crippen LogP contribution in [-0.2, 0) is 14.4 Å². The fourth-order valence-electron chi connectivity index (χ4n) is 3.14. The van der Waals surface area contributed by atoms with Crippen molar-refractivity contribution in [3.05, 3.63) is 47.8 Å². The number of carbonyl (C=O) groups excluding carboxylic acids is 3. The number of carbonyl (C=O) groups is 3. The molecule has 1 aliphatic heterocycles. The topological polar surface area (TPSA) is 97.2 Å². The van der Waals surface area contributed by atoms with Gasteiger partial charge in [-0.2, -0.15) is 0 Å². The second-order valence-corrected chi connectivity index (χ2v) is 8.52. The van der Waals surface area contributed by atoms with Crippen LogP contribution >= 0.6 is 23.1 Å². The molecule has 0 spiro atoms. The third kappa shape index (κ3) is 4.60. The van der Waals surface area contributed by atoms with E-state index in [4.69, 9.17) is 0 Å². The number of thiophene rings is 1. The Morgan fingerprint density at radius 2 is 1.93 bits per heavy atom. The molecule has 1 aromatic carbocycles. The van der Waals surface area contributed by atoms with Crippen molar-refractivity contribution >= 4 is 40.8 Å². The van der Waals surface area contributed by atoms with Crippen molar-refractivity contribution in [1.82, 2.24) is 25.0 Å². The maximum absolute atomic E-state index is 12.3. The summed E-state index contributed by atoms with van der Waals surface area (Å²) in [5.41, 5.74) is 0.887. The van der Waals surface area contributed by atoms with E-state index in [0.717, 1.165) is 17.0 Å². The summed E-state index contributed by atoms with van der Waals surface area (Å²) in [7, 11) is 0. The van der Waals surface area contributed by atoms with Crippen molar-refractivity contribution in [3.8, 4) is 16.4 Å². The Morgan fingerprint density at radius 3 is 2.63 bits per heavy atom. The smallest absolute Gasteiger partial charge is 0.246 e. The molecule has 0 unspecified atom stereocenters. The minimum absolute atomic E-state index is 0.00902. The molecule has 0 bridgehead atoms. The molecule has 3 aromatic rings. The number of thioether (sulfide) groups is 1. The molecule has 0 radical (unpaired) electrons. The average molecular weight is 442 g/mol. The maximum atomic E-state index is 12.3. The lowest BCUT2D eigenvalue weighted by Crippen LogP contribution is -2.41. The molecule has 0 aliphatic carbocycles. The molecule has 0 atom stereocenters. The summed E-state index contributed by atoms with van der Waals surface area (Å²) < 4.78 is 1.90. The van der Waals surface area contributed by atoms with Gasteiger partial charge in [-0.05, 0) is 30.0 Å². The minimum atomic E-state index is -0.473. The molecule has 1 aliphatic rings. The van der Waals surface area contributed by atoms with Crippen LogP contribution in [0.5, 0.6) is 0 Å². The second kappa shape index (κ2) is 9.23. The lowest BCUT2D eigenvalue weighted by molar-refractivity contribution is -0.135. The second-order valence-electron chi connectivity index (χ2n) is 6.63. The van der Waals surface area contributed by atoms with Crippen molar-refractivity contribution < 1.29 is 14.4 Å². The molecule has 154 valence electrons. The highest BCUT2D eigenvalue weighted by atomic mass is 32.2. The first kappa shape index (κ1) is 20.3. The van der Waals surface area contributed by atoms with E-state index in [9.17, 15) is 14.4 Å². The molecule has 10 heteroatoms. The average Bonchev–Trinajstić information content (AvgIpc) is 3.48. The third-order valence-electron chi connectivity index (χ3n) is 4.51. The monoisotopic (exact) mass is 441 g/mol. The summed E-state index contributed by atoms with van der Waals surface area (Å²) in [6.45, 7) is 0.471. The Labute approximate surface area is 181 Å². The van der Waals surface area contributed by atoms with Crippen LogP contribution in [-0.4, -0.2) is 56.2 Å². The molecule has 30 heavy (non-hydrogen) atoms. The summed E-state index contributed by atoms with van der Waals surface area (Å²) in [6.07, 6.45) is 1.20. The Hall–Kier alpha value is -2.98. The van der Waals surface area contributed by atoms with Gasteiger partial charge < -0.3 is 4.90 Å². The molecule has 1 fully saturated rings. The number of aromatic nitrogens is 3. The van der Waals surface area contributed by atoms with Gasteiger partial charge in [-0.25, -0.2) is 0 Å². The number of para-hydroxylation sites is 1. The van der Waals surface area contributed by atoms with Gasteiger partial charge in [0.1, 0.15) is 0 Å². The zero-order valence-corrected chi connectivity index (χ0v) is 17.6. The fraction of sp³-hybridized carbons (Fsp3) is 0.250. The predicted molar refractivity (Wildman–Crippen MR) is 114 cm³/mol. The number of hydrogen-bond donors (Lipinski definition) is 1. The Bertz CT molecular complexity index is 1050. The van der Waals surface area contributed by atoms with E-state index in [-0.39, 0.29) is 18.2 Å². The molecule has 3 heterocycles. The van der Waals surface area contributed by atoms with Gasteiger partial charge in [0.2, 0.25) is 17.7 Å². The third-order valence-corrected chi connectivity index (χ3v) is 6.30. The SMILES string of the molecule is O=C(CSc1nnc(-c2cccs2)n1-c1ccccc1)NC(=O)CN1CCCC1=O. The van der Waals surface area contributed by atoms with Crippen molar-refractivity contribution in [1.29, 1.82) is 0 Å². The standard InChI is InChI=1S/C20H19N5O3S2/c26-16(12-24-10-4-9-18(24)28)21-17(27)13-30-20-23-22-19(15-8-5-11-29-15)25(20)14-6-2-1-3-7-14/h1-3,5-8,11H,4,9-10,12-13H2,(H,21,26,27). The zero-order chi connectivity index (χ0) is 20.9. The van der Waals surface area contributed by atoms with Crippen molar-refractivity contribution in [2.75, 3.05) is 18.8 Å². The van der Waals surface area contributed by atoms with Gasteiger partial charge in [-0.3, -0.25) is 24.3 Å². The number of rotatable bonds is 7. The van der Waals surface area contributed by atoms with E-state index < -0.39 is 11.8 Å². The van der Waals surface area contributed by atoms with E-state index in [1.54, 1.807) is 11.3 Å². The van der Waals surface area contributed by atoms with Crippen LogP contribution in [0.4, 0.5) is 0 Å². The maximum Gasteiger partial charge on any atom is 0.246 e. The van der Waals surface area contributed by atoms with Crippen LogP contribution in [0, 0.1) is 0 Å². The van der Waals surface area contributed by atoms with Gasteiger partial charge in [0.05, 0.1) is 17.2 Å². The number of imide groups is 1. The van der Waals surface area contributed by atoms with E-state index in [0.29, 0.717) is 23.9 Å². The quantitative estimate of drug-likeness (QED) is 0.566. The molecule has 4 rings (SSSR count). The summed E-state index contributed by atoms with van der Waals surface area (Å²) in [5.74, 6) is -0.252. The first-order valence-electron chi connectivity index (χ1n) is 9.40. The molecule has 1 saturated heterocycles. The summed E-state index contributed by atoms with van der Waals surface area (Å²) in [5, 5.41) is 13.4. The lowest BCUT2D eigenvalue weighted by Gasteiger charge is -2.14. The predicted octanol–water partition coefficient (Wildman–Crippen LogP) is 2.35. The Kier molecular flexibility index (Phi) is 6.24. The van der Waals surface area contributed by atoms with Gasteiger partial charge in [-0.15, -0.1) is 21.5 Å². The molecule has 1 N–H and O–H groups in total. The van der Waals surface area contributed by atoms with Crippen LogP contribution < -0.4 is 5.32 Å². The number of hydrogen-bond acceptors (Lipinski definition) is 7. The van der Waals surface area contributed by atoms with Crippen LogP contribution in [0.25, 0.3) is 16.4 Å². The number of amides is 3. The first-order valence-corrected chi connectivity index (χ1v) is 11.3. The van der Waals surface area contributed by atoms with Crippen LogP contribution in [0.2, 0.25) is 0 Å². The number of nitrogens with one attached hydrogen (secondary N) is 1. The molecule has 2 aromatic heterocycles. The summed E-state index contributed by atoms with van der Waals surface area (Å²) >= 11 is 2.76. The minimum Gasteiger partial charge on any atom is -0.333 e. The van der Waals surface area contributed by atoms with Gasteiger partial charge in [0, 0.05) is 18.7 Å². The van der Waals surface area contributed by atoms with E-state index in [2.05, 4.69) is 15.5 Å². The lowest BCUT2D eigenvalue weighted by atomic mass is 10.3. The highest BCUT2D eigenvalue weighted by Gasteiger charge is 2.23. The molecular formula is C20H19N5O3S2. The van der Waals surface area contributed by atoms with Gasteiger partial charge >= 0.3 is 0 Å². The molecule has 0 saturated carbocycles. The Balaban J connectivity index is 1.44. The van der Waals surface area contributed by atoms with Crippen molar-refractivity contribution in [2.24, 2.45) is 0 Å².